The Morgan fingerprint density at radius 1 is 1.35 bits per heavy atom. The summed E-state index contributed by atoms with van der Waals surface area (Å²) in [5.74, 6) is -2.74. The second-order valence-corrected chi connectivity index (χ2v) is 5.53. The minimum atomic E-state index is -1.02. The highest BCUT2D eigenvalue weighted by Crippen LogP contribution is 2.16. The number of carboxylic acids is 1. The Kier molecular flexibility index (Phi) is 6.04. The molecule has 0 spiro atoms. The highest BCUT2D eigenvalue weighted by molar-refractivity contribution is 5.79. The van der Waals surface area contributed by atoms with Crippen molar-refractivity contribution in [3.63, 3.8) is 0 Å². The largest absolute Gasteiger partial charge is 0.481 e. The Morgan fingerprint density at radius 2 is 2.13 bits per heavy atom. The van der Waals surface area contributed by atoms with Gasteiger partial charge >= 0.3 is 5.97 Å². The molecule has 0 radical (unpaired) electrons. The van der Waals surface area contributed by atoms with Crippen LogP contribution in [0.2, 0.25) is 0 Å². The van der Waals surface area contributed by atoms with Crippen LogP contribution in [0.4, 0.5) is 8.78 Å². The standard InChI is InChI=1S/C16H19F2NO4/c17-12-3-4-14(18)11(8-12)9-15(20)19(6-5-16(21)22)10-13-2-1-7-23-13/h3-4,8,13H,1-2,5-7,9-10H2,(H,21,22)/t13-/m0/s1. The number of carbonyl (C=O) groups excluding carboxylic acids is 1. The summed E-state index contributed by atoms with van der Waals surface area (Å²) in [6, 6.07) is 2.94. The lowest BCUT2D eigenvalue weighted by Gasteiger charge is -2.25. The van der Waals surface area contributed by atoms with E-state index in [9.17, 15) is 18.4 Å². The Labute approximate surface area is 132 Å². The van der Waals surface area contributed by atoms with Gasteiger partial charge in [-0.25, -0.2) is 8.78 Å². The molecule has 0 bridgehead atoms. The van der Waals surface area contributed by atoms with Crippen LogP contribution >= 0.6 is 0 Å². The van der Waals surface area contributed by atoms with E-state index >= 15 is 0 Å². The summed E-state index contributed by atoms with van der Waals surface area (Å²) in [4.78, 5) is 24.5. The molecule has 126 valence electrons. The van der Waals surface area contributed by atoms with E-state index in [0.717, 1.165) is 31.0 Å². The molecule has 1 heterocycles. The second kappa shape index (κ2) is 8.01. The van der Waals surface area contributed by atoms with Crippen LogP contribution in [-0.2, 0) is 20.7 Å². The molecule has 1 aromatic carbocycles. The molecule has 0 aliphatic carbocycles. The number of nitrogens with zero attached hydrogens (tertiary/aromatic N) is 1. The van der Waals surface area contributed by atoms with Gasteiger partial charge in [-0.05, 0) is 31.0 Å². The number of hydrogen-bond donors (Lipinski definition) is 1. The van der Waals surface area contributed by atoms with Crippen molar-refractivity contribution >= 4 is 11.9 Å². The fraction of sp³-hybridized carbons (Fsp3) is 0.500. The molecular weight excluding hydrogens is 308 g/mol. The van der Waals surface area contributed by atoms with Crippen LogP contribution < -0.4 is 0 Å². The SMILES string of the molecule is O=C(O)CCN(C[C@@H]1CCCO1)C(=O)Cc1cc(F)ccc1F. The number of amides is 1. The van der Waals surface area contributed by atoms with Crippen molar-refractivity contribution in [2.75, 3.05) is 19.7 Å². The zero-order valence-corrected chi connectivity index (χ0v) is 12.6. The first-order valence-corrected chi connectivity index (χ1v) is 7.51. The lowest BCUT2D eigenvalue weighted by molar-refractivity contribution is -0.139. The molecule has 7 heteroatoms. The lowest BCUT2D eigenvalue weighted by Crippen LogP contribution is -2.39. The van der Waals surface area contributed by atoms with E-state index < -0.39 is 23.5 Å². The van der Waals surface area contributed by atoms with Gasteiger partial charge in [-0.15, -0.1) is 0 Å². The third-order valence-corrected chi connectivity index (χ3v) is 3.75. The molecule has 1 amide bonds. The summed E-state index contributed by atoms with van der Waals surface area (Å²) < 4.78 is 32.3. The topological polar surface area (TPSA) is 66.8 Å². The number of ether oxygens (including phenoxy) is 1. The normalized spacial score (nSPS) is 17.2. The molecule has 1 saturated heterocycles. The quantitative estimate of drug-likeness (QED) is 0.832. The van der Waals surface area contributed by atoms with Crippen LogP contribution in [-0.4, -0.2) is 47.7 Å². The Balaban J connectivity index is 2.04. The minimum Gasteiger partial charge on any atom is -0.481 e. The first-order chi connectivity index (χ1) is 11.0. The second-order valence-electron chi connectivity index (χ2n) is 5.53. The van der Waals surface area contributed by atoms with Crippen molar-refractivity contribution < 1.29 is 28.2 Å². The van der Waals surface area contributed by atoms with E-state index in [1.807, 2.05) is 0 Å². The van der Waals surface area contributed by atoms with E-state index in [1.54, 1.807) is 0 Å². The first kappa shape index (κ1) is 17.3. The highest BCUT2D eigenvalue weighted by Gasteiger charge is 2.23. The van der Waals surface area contributed by atoms with Crippen molar-refractivity contribution in [1.29, 1.82) is 0 Å². The van der Waals surface area contributed by atoms with E-state index in [2.05, 4.69) is 0 Å². The summed E-state index contributed by atoms with van der Waals surface area (Å²) in [6.45, 7) is 0.901. The average Bonchev–Trinajstić information content (AvgIpc) is 3.00. The van der Waals surface area contributed by atoms with Crippen LogP contribution in [0.25, 0.3) is 0 Å². The Hall–Kier alpha value is -2.02. The third-order valence-electron chi connectivity index (χ3n) is 3.75. The van der Waals surface area contributed by atoms with Gasteiger partial charge in [-0.3, -0.25) is 9.59 Å². The van der Waals surface area contributed by atoms with E-state index in [1.165, 1.54) is 4.90 Å². The molecule has 1 aliphatic heterocycles. The number of carbonyl (C=O) groups is 2. The Bertz CT molecular complexity index is 573. The summed E-state index contributed by atoms with van der Waals surface area (Å²) >= 11 is 0. The molecule has 0 aromatic heterocycles. The van der Waals surface area contributed by atoms with Gasteiger partial charge < -0.3 is 14.7 Å². The van der Waals surface area contributed by atoms with Gasteiger partial charge in [0, 0.05) is 25.3 Å². The van der Waals surface area contributed by atoms with Gasteiger partial charge in [0.25, 0.3) is 0 Å². The van der Waals surface area contributed by atoms with Crippen molar-refractivity contribution in [3.05, 3.63) is 35.4 Å². The molecule has 1 fully saturated rings. The maximum absolute atomic E-state index is 13.7. The summed E-state index contributed by atoms with van der Waals surface area (Å²) in [6.07, 6.45) is 1.04. The van der Waals surface area contributed by atoms with Crippen LogP contribution in [0.1, 0.15) is 24.8 Å². The van der Waals surface area contributed by atoms with E-state index in [0.29, 0.717) is 6.61 Å². The van der Waals surface area contributed by atoms with Crippen LogP contribution in [0.3, 0.4) is 0 Å². The fourth-order valence-corrected chi connectivity index (χ4v) is 2.54. The van der Waals surface area contributed by atoms with Gasteiger partial charge in [0.1, 0.15) is 11.6 Å². The van der Waals surface area contributed by atoms with Crippen molar-refractivity contribution in [2.24, 2.45) is 0 Å². The summed E-state index contributed by atoms with van der Waals surface area (Å²) in [5, 5.41) is 8.80. The van der Waals surface area contributed by atoms with Crippen molar-refractivity contribution in [2.45, 2.75) is 31.8 Å². The summed E-state index contributed by atoms with van der Waals surface area (Å²) in [5.41, 5.74) is -0.0392. The van der Waals surface area contributed by atoms with Crippen LogP contribution in [0.15, 0.2) is 18.2 Å². The zero-order valence-electron chi connectivity index (χ0n) is 12.6. The number of benzene rings is 1. The molecule has 0 unspecified atom stereocenters. The number of rotatable bonds is 7. The molecule has 1 atom stereocenters. The molecule has 2 rings (SSSR count). The zero-order chi connectivity index (χ0) is 16.8. The van der Waals surface area contributed by atoms with E-state index in [-0.39, 0.29) is 37.6 Å². The molecule has 1 aliphatic rings. The van der Waals surface area contributed by atoms with E-state index in [4.69, 9.17) is 9.84 Å². The maximum Gasteiger partial charge on any atom is 0.305 e. The van der Waals surface area contributed by atoms with Gasteiger partial charge in [0.05, 0.1) is 18.9 Å². The third kappa shape index (κ3) is 5.28. The van der Waals surface area contributed by atoms with Crippen molar-refractivity contribution in [1.82, 2.24) is 4.90 Å². The highest BCUT2D eigenvalue weighted by atomic mass is 19.1. The smallest absolute Gasteiger partial charge is 0.305 e. The first-order valence-electron chi connectivity index (χ1n) is 7.51. The predicted octanol–water partition coefficient (Wildman–Crippen LogP) is 1.99. The monoisotopic (exact) mass is 327 g/mol. The Morgan fingerprint density at radius 3 is 2.78 bits per heavy atom. The van der Waals surface area contributed by atoms with Gasteiger partial charge in [-0.2, -0.15) is 0 Å². The lowest BCUT2D eigenvalue weighted by atomic mass is 10.1. The van der Waals surface area contributed by atoms with Gasteiger partial charge in [0.15, 0.2) is 0 Å². The summed E-state index contributed by atoms with van der Waals surface area (Å²) in [7, 11) is 0. The number of carboxylic acid groups (broad SMARTS) is 1. The van der Waals surface area contributed by atoms with Crippen LogP contribution in [0, 0.1) is 11.6 Å². The predicted molar refractivity (Wildman–Crippen MR) is 77.9 cm³/mol. The number of hydrogen-bond acceptors (Lipinski definition) is 3. The molecule has 0 saturated carbocycles. The average molecular weight is 327 g/mol. The fourth-order valence-electron chi connectivity index (χ4n) is 2.54. The van der Waals surface area contributed by atoms with Gasteiger partial charge in [0.2, 0.25) is 5.91 Å². The maximum atomic E-state index is 13.7. The molecule has 1 aromatic rings. The van der Waals surface area contributed by atoms with Crippen LogP contribution in [0.5, 0.6) is 0 Å². The van der Waals surface area contributed by atoms with Crippen molar-refractivity contribution in [3.8, 4) is 0 Å². The molecule has 5 nitrogen and oxygen atoms in total. The molecular formula is C16H19F2NO4. The molecule has 23 heavy (non-hydrogen) atoms. The minimum absolute atomic E-state index is 0.0188. The van der Waals surface area contributed by atoms with Gasteiger partial charge in [-0.1, -0.05) is 0 Å². The number of halogens is 2. The molecule has 1 N–H and O–H groups in total. The number of aliphatic carboxylic acids is 1.